The van der Waals surface area contributed by atoms with Crippen LogP contribution in [0.5, 0.6) is 0 Å². The maximum atomic E-state index is 13.0. The van der Waals surface area contributed by atoms with Gasteiger partial charge in [-0.1, -0.05) is 11.6 Å². The topological polar surface area (TPSA) is 120 Å². The molecular weight excluding hydrogens is 460 g/mol. The van der Waals surface area contributed by atoms with Crippen LogP contribution in [0.2, 0.25) is 5.02 Å². The minimum Gasteiger partial charge on any atom is -0.376 e. The Labute approximate surface area is 201 Å². The molecule has 34 heavy (non-hydrogen) atoms. The largest absolute Gasteiger partial charge is 0.376 e. The lowest BCUT2D eigenvalue weighted by molar-refractivity contribution is -0.117. The van der Waals surface area contributed by atoms with Crippen molar-refractivity contribution in [1.82, 2.24) is 19.4 Å². The average molecular weight is 487 g/mol. The highest BCUT2D eigenvalue weighted by Gasteiger charge is 2.30. The van der Waals surface area contributed by atoms with Crippen LogP contribution in [0.3, 0.4) is 0 Å². The van der Waals surface area contributed by atoms with E-state index in [1.165, 1.54) is 10.6 Å². The van der Waals surface area contributed by atoms with Gasteiger partial charge in [-0.15, -0.1) is 0 Å². The smallest absolute Gasteiger partial charge is 0.342 e. The van der Waals surface area contributed by atoms with Crippen LogP contribution in [-0.4, -0.2) is 75.5 Å². The number of carbonyl (C=O) groups excluding carboxylic acids is 2. The summed E-state index contributed by atoms with van der Waals surface area (Å²) < 4.78 is 1.41. The van der Waals surface area contributed by atoms with Gasteiger partial charge in [0, 0.05) is 48.7 Å². The summed E-state index contributed by atoms with van der Waals surface area (Å²) in [5, 5.41) is 14.1. The number of halogens is 1. The minimum atomic E-state index is -0.915. The third-order valence-corrected chi connectivity index (χ3v) is 6.39. The van der Waals surface area contributed by atoms with Gasteiger partial charge in [-0.25, -0.2) is 14.8 Å². The van der Waals surface area contributed by atoms with Crippen molar-refractivity contribution in [3.8, 4) is 11.3 Å². The van der Waals surface area contributed by atoms with Crippen LogP contribution in [-0.2, 0) is 11.3 Å². The fraction of sp³-hybridized carbons (Fsp3) is 0.435. The lowest BCUT2D eigenvalue weighted by Crippen LogP contribution is -2.52. The predicted octanol–water partition coefficient (Wildman–Crippen LogP) is 1.98. The van der Waals surface area contributed by atoms with Crippen molar-refractivity contribution in [2.45, 2.75) is 32.5 Å². The molecule has 3 amide bonds. The first-order chi connectivity index (χ1) is 16.3. The van der Waals surface area contributed by atoms with E-state index in [1.807, 2.05) is 0 Å². The summed E-state index contributed by atoms with van der Waals surface area (Å²) in [6, 6.07) is 6.07. The third kappa shape index (κ3) is 5.35. The molecule has 10 nitrogen and oxygen atoms in total. The van der Waals surface area contributed by atoms with E-state index in [9.17, 15) is 19.5 Å². The van der Waals surface area contributed by atoms with Crippen LogP contribution in [0.1, 0.15) is 18.7 Å². The summed E-state index contributed by atoms with van der Waals surface area (Å²) in [4.78, 5) is 48.3. The molecule has 1 aliphatic heterocycles. The predicted molar refractivity (Wildman–Crippen MR) is 129 cm³/mol. The highest BCUT2D eigenvalue weighted by molar-refractivity contribution is 6.31. The lowest BCUT2D eigenvalue weighted by Gasteiger charge is -2.36. The fourth-order valence-corrected chi connectivity index (χ4v) is 4.17. The van der Waals surface area contributed by atoms with E-state index < -0.39 is 6.23 Å². The van der Waals surface area contributed by atoms with E-state index in [2.05, 4.69) is 22.0 Å². The molecule has 11 heteroatoms. The number of aliphatic imine (C=N–C) groups is 1. The number of piperazine rings is 1. The summed E-state index contributed by atoms with van der Waals surface area (Å²) >= 11 is 6.14. The number of urea groups is 1. The lowest BCUT2D eigenvalue weighted by atomic mass is 10.1. The van der Waals surface area contributed by atoms with Gasteiger partial charge in [-0.05, 0) is 44.7 Å². The number of carbonyl (C=O) groups is 2. The summed E-state index contributed by atoms with van der Waals surface area (Å²) in [5.41, 5.74) is 1.21. The standard InChI is InChI=1S/C23H27ClN6O4/c1-14-26-19(17-6-5-16(24)11-18(17)27-22(33)15-3-4-15)12-20(31)30(14)13-21(32)28-7-9-29(10-8-28)23(34)25-2/h5-6,11-12,15,21,32H,2-4,7-10,13H2,1H3,(H,27,33)/t21-/m1/s1. The third-order valence-electron chi connectivity index (χ3n) is 6.15. The van der Waals surface area contributed by atoms with Gasteiger partial charge in [0.15, 0.2) is 0 Å². The van der Waals surface area contributed by atoms with Gasteiger partial charge in [0.05, 0.1) is 17.9 Å². The molecule has 1 aromatic carbocycles. The Bertz CT molecular complexity index is 1170. The molecule has 2 aromatic rings. The molecule has 180 valence electrons. The molecule has 1 aliphatic carbocycles. The highest BCUT2D eigenvalue weighted by atomic mass is 35.5. The second-order valence-electron chi connectivity index (χ2n) is 8.54. The number of aliphatic hydroxyl groups is 1. The fourth-order valence-electron chi connectivity index (χ4n) is 3.99. The second kappa shape index (κ2) is 10.0. The number of anilines is 1. The van der Waals surface area contributed by atoms with Crippen LogP contribution in [0.4, 0.5) is 10.5 Å². The number of hydrogen-bond acceptors (Lipinski definition) is 6. The molecule has 1 atom stereocenters. The first-order valence-corrected chi connectivity index (χ1v) is 11.5. The van der Waals surface area contributed by atoms with Crippen LogP contribution in [0.25, 0.3) is 11.3 Å². The first kappa shape index (κ1) is 24.1. The van der Waals surface area contributed by atoms with Gasteiger partial charge in [-0.2, -0.15) is 0 Å². The number of aliphatic hydroxyl groups excluding tert-OH is 1. The Hall–Kier alpha value is -3.08. The average Bonchev–Trinajstić information content (AvgIpc) is 3.66. The number of aromatic nitrogens is 2. The van der Waals surface area contributed by atoms with Gasteiger partial charge < -0.3 is 15.3 Å². The Balaban J connectivity index is 1.51. The maximum absolute atomic E-state index is 13.0. The Morgan fingerprint density at radius 3 is 2.59 bits per heavy atom. The van der Waals surface area contributed by atoms with Crippen molar-refractivity contribution in [3.63, 3.8) is 0 Å². The van der Waals surface area contributed by atoms with E-state index in [-0.39, 0.29) is 30.0 Å². The van der Waals surface area contributed by atoms with Crippen LogP contribution < -0.4 is 10.9 Å². The first-order valence-electron chi connectivity index (χ1n) is 11.1. The number of amides is 3. The number of rotatable bonds is 6. The van der Waals surface area contributed by atoms with E-state index >= 15 is 0 Å². The summed E-state index contributed by atoms with van der Waals surface area (Å²) in [6.45, 7) is 6.74. The zero-order valence-corrected chi connectivity index (χ0v) is 19.7. The van der Waals surface area contributed by atoms with E-state index in [0.717, 1.165) is 12.8 Å². The minimum absolute atomic E-state index is 0.0176. The molecule has 0 unspecified atom stereocenters. The number of benzene rings is 1. The van der Waals surface area contributed by atoms with Crippen molar-refractivity contribution < 1.29 is 14.7 Å². The van der Waals surface area contributed by atoms with E-state index in [0.29, 0.717) is 54.0 Å². The van der Waals surface area contributed by atoms with Crippen molar-refractivity contribution >= 4 is 35.9 Å². The van der Waals surface area contributed by atoms with E-state index in [4.69, 9.17) is 11.6 Å². The number of hydrogen-bond donors (Lipinski definition) is 2. The van der Waals surface area contributed by atoms with Gasteiger partial charge in [0.1, 0.15) is 12.1 Å². The Morgan fingerprint density at radius 1 is 1.26 bits per heavy atom. The molecular formula is C23H27ClN6O4. The normalized spacial score (nSPS) is 17.3. The molecule has 2 N–H and O–H groups in total. The number of nitrogens with zero attached hydrogens (tertiary/aromatic N) is 5. The van der Waals surface area contributed by atoms with Crippen molar-refractivity contribution in [3.05, 3.63) is 45.5 Å². The van der Waals surface area contributed by atoms with Gasteiger partial charge in [0.2, 0.25) is 5.91 Å². The number of aryl methyl sites for hydroxylation is 1. The summed E-state index contributed by atoms with van der Waals surface area (Å²) in [5.74, 6) is 0.382. The second-order valence-corrected chi connectivity index (χ2v) is 8.97. The van der Waals surface area contributed by atoms with Crippen LogP contribution >= 0.6 is 11.6 Å². The van der Waals surface area contributed by atoms with Crippen LogP contribution in [0, 0.1) is 12.8 Å². The zero-order chi connectivity index (χ0) is 24.4. The van der Waals surface area contributed by atoms with Crippen molar-refractivity contribution in [2.24, 2.45) is 10.9 Å². The quantitative estimate of drug-likeness (QED) is 0.602. The number of nitrogens with one attached hydrogen (secondary N) is 1. The molecule has 0 spiro atoms. The van der Waals surface area contributed by atoms with Crippen LogP contribution in [0.15, 0.2) is 34.1 Å². The zero-order valence-electron chi connectivity index (χ0n) is 18.9. The highest BCUT2D eigenvalue weighted by Crippen LogP contribution is 2.33. The van der Waals surface area contributed by atoms with Crippen molar-refractivity contribution in [2.75, 3.05) is 31.5 Å². The molecule has 1 aromatic heterocycles. The molecule has 0 radical (unpaired) electrons. The monoisotopic (exact) mass is 486 g/mol. The molecule has 4 rings (SSSR count). The van der Waals surface area contributed by atoms with Gasteiger partial charge >= 0.3 is 6.03 Å². The Kier molecular flexibility index (Phi) is 7.11. The van der Waals surface area contributed by atoms with E-state index in [1.54, 1.807) is 34.9 Å². The van der Waals surface area contributed by atoms with Gasteiger partial charge in [0.25, 0.3) is 5.56 Å². The molecule has 2 heterocycles. The molecule has 0 bridgehead atoms. The molecule has 2 aliphatic rings. The molecule has 2 fully saturated rings. The van der Waals surface area contributed by atoms with Gasteiger partial charge in [-0.3, -0.25) is 19.1 Å². The van der Waals surface area contributed by atoms with Crippen molar-refractivity contribution in [1.29, 1.82) is 0 Å². The SMILES string of the molecule is C=NC(=O)N1CCN([C@H](O)Cn2c(C)nc(-c3ccc(Cl)cc3NC(=O)C3CC3)cc2=O)CC1. The molecule has 1 saturated carbocycles. The maximum Gasteiger partial charge on any atom is 0.342 e. The molecule has 1 saturated heterocycles. The summed E-state index contributed by atoms with van der Waals surface area (Å²) in [7, 11) is 0. The Morgan fingerprint density at radius 2 is 1.97 bits per heavy atom. The summed E-state index contributed by atoms with van der Waals surface area (Å²) in [6.07, 6.45) is 0.823.